The van der Waals surface area contributed by atoms with Gasteiger partial charge in [0, 0.05) is 6.54 Å². The molecule has 0 radical (unpaired) electrons. The Morgan fingerprint density at radius 3 is 2.11 bits per heavy atom. The van der Waals surface area contributed by atoms with Crippen molar-refractivity contribution in [2.75, 3.05) is 6.54 Å². The van der Waals surface area contributed by atoms with E-state index in [1.165, 1.54) is 0 Å². The van der Waals surface area contributed by atoms with E-state index < -0.39 is 11.9 Å². The number of hydrogen-bond acceptors (Lipinski definition) is 2. The Labute approximate surface area is 58.7 Å². The summed E-state index contributed by atoms with van der Waals surface area (Å²) >= 11 is 0. The molecule has 4 nitrogen and oxygen atoms in total. The van der Waals surface area contributed by atoms with Crippen LogP contribution in [0.3, 0.4) is 0 Å². The fourth-order valence-electron chi connectivity index (χ4n) is 0.236. The maximum Gasteiger partial charge on any atom is 0.394 e. The Morgan fingerprint density at radius 2 is 2.00 bits per heavy atom. The SMILES string of the molecule is CCNC(=O)C(=O)O.Cl. The van der Waals surface area contributed by atoms with Gasteiger partial charge in [0.2, 0.25) is 0 Å². The van der Waals surface area contributed by atoms with Gasteiger partial charge in [-0.25, -0.2) is 4.79 Å². The van der Waals surface area contributed by atoms with E-state index in [0.717, 1.165) is 0 Å². The molecule has 0 saturated carbocycles. The number of nitrogens with one attached hydrogen (secondary N) is 1. The highest BCUT2D eigenvalue weighted by Gasteiger charge is 2.06. The normalized spacial score (nSPS) is 7.22. The second kappa shape index (κ2) is 5.37. The topological polar surface area (TPSA) is 66.4 Å². The van der Waals surface area contributed by atoms with Crippen LogP contribution >= 0.6 is 12.4 Å². The molecule has 0 heterocycles. The van der Waals surface area contributed by atoms with E-state index in [0.29, 0.717) is 6.54 Å². The lowest BCUT2D eigenvalue weighted by Gasteiger charge is -1.91. The number of carbonyl (C=O) groups excluding carboxylic acids is 1. The summed E-state index contributed by atoms with van der Waals surface area (Å²) in [7, 11) is 0. The van der Waals surface area contributed by atoms with Gasteiger partial charge in [0.1, 0.15) is 0 Å². The Morgan fingerprint density at radius 1 is 1.56 bits per heavy atom. The number of halogens is 1. The lowest BCUT2D eigenvalue weighted by molar-refractivity contribution is -0.150. The van der Waals surface area contributed by atoms with E-state index in [1.807, 2.05) is 0 Å². The number of hydrogen-bond donors (Lipinski definition) is 2. The Hall–Kier alpha value is -0.770. The molecule has 0 aromatic heterocycles. The molecule has 0 spiro atoms. The van der Waals surface area contributed by atoms with Crippen molar-refractivity contribution in [2.24, 2.45) is 0 Å². The molecule has 0 fully saturated rings. The first-order chi connectivity index (χ1) is 3.68. The largest absolute Gasteiger partial charge is 0.474 e. The summed E-state index contributed by atoms with van der Waals surface area (Å²) in [6, 6.07) is 0. The van der Waals surface area contributed by atoms with Crippen molar-refractivity contribution in [3.63, 3.8) is 0 Å². The van der Waals surface area contributed by atoms with Crippen LogP contribution in [0.1, 0.15) is 6.92 Å². The number of rotatable bonds is 1. The quantitative estimate of drug-likeness (QED) is 0.505. The van der Waals surface area contributed by atoms with Gasteiger partial charge < -0.3 is 10.4 Å². The van der Waals surface area contributed by atoms with Gasteiger partial charge in [0.15, 0.2) is 0 Å². The van der Waals surface area contributed by atoms with Gasteiger partial charge in [-0.1, -0.05) is 0 Å². The third-order valence-electron chi connectivity index (χ3n) is 0.532. The number of amides is 1. The molecule has 54 valence electrons. The molecule has 0 unspecified atom stereocenters. The molecule has 0 saturated heterocycles. The van der Waals surface area contributed by atoms with E-state index >= 15 is 0 Å². The first-order valence-corrected chi connectivity index (χ1v) is 2.19. The van der Waals surface area contributed by atoms with Gasteiger partial charge in [0.05, 0.1) is 0 Å². The molecule has 5 heteroatoms. The average molecular weight is 154 g/mol. The van der Waals surface area contributed by atoms with E-state index in [4.69, 9.17) is 5.11 Å². The fraction of sp³-hybridized carbons (Fsp3) is 0.500. The maximum absolute atomic E-state index is 10.0. The van der Waals surface area contributed by atoms with Crippen LogP contribution in [0, 0.1) is 0 Å². The van der Waals surface area contributed by atoms with Crippen molar-refractivity contribution in [3.05, 3.63) is 0 Å². The first-order valence-electron chi connectivity index (χ1n) is 2.19. The summed E-state index contributed by atoms with van der Waals surface area (Å²) < 4.78 is 0. The summed E-state index contributed by atoms with van der Waals surface area (Å²) in [5, 5.41) is 10.0. The second-order valence-corrected chi connectivity index (χ2v) is 1.16. The van der Waals surface area contributed by atoms with Crippen LogP contribution in [-0.2, 0) is 9.59 Å². The minimum absolute atomic E-state index is 0. The van der Waals surface area contributed by atoms with Crippen LogP contribution in [-0.4, -0.2) is 23.5 Å². The molecule has 0 aromatic rings. The molecule has 0 aliphatic rings. The molecule has 0 aliphatic heterocycles. The average Bonchev–Trinajstić information content (AvgIpc) is 1.67. The monoisotopic (exact) mass is 153 g/mol. The van der Waals surface area contributed by atoms with Crippen LogP contribution in [0.5, 0.6) is 0 Å². The zero-order valence-corrected chi connectivity index (χ0v) is 5.70. The predicted octanol–water partition coefficient (Wildman–Crippen LogP) is -0.371. The van der Waals surface area contributed by atoms with E-state index in [1.54, 1.807) is 6.92 Å². The zero-order valence-electron chi connectivity index (χ0n) is 4.88. The molecule has 0 aromatic carbocycles. The summed E-state index contributed by atoms with van der Waals surface area (Å²) in [6.07, 6.45) is 0. The van der Waals surface area contributed by atoms with Gasteiger partial charge >= 0.3 is 11.9 Å². The Kier molecular flexibility index (Phi) is 6.61. The predicted molar refractivity (Wildman–Crippen MR) is 33.6 cm³/mol. The molecule has 1 amide bonds. The standard InChI is InChI=1S/C4H7NO3.ClH/c1-2-5-3(6)4(7)8;/h2H2,1H3,(H,5,6)(H,7,8);1H. The number of carboxylic acids is 1. The fourth-order valence-corrected chi connectivity index (χ4v) is 0.236. The van der Waals surface area contributed by atoms with Crippen molar-refractivity contribution < 1.29 is 14.7 Å². The second-order valence-electron chi connectivity index (χ2n) is 1.16. The molecule has 0 atom stereocenters. The van der Waals surface area contributed by atoms with E-state index in [-0.39, 0.29) is 12.4 Å². The highest BCUT2D eigenvalue weighted by molar-refractivity contribution is 6.31. The van der Waals surface area contributed by atoms with Crippen LogP contribution in [0.25, 0.3) is 0 Å². The summed E-state index contributed by atoms with van der Waals surface area (Å²) in [5.74, 6) is -2.39. The minimum atomic E-state index is -1.44. The van der Waals surface area contributed by atoms with Crippen molar-refractivity contribution in [1.29, 1.82) is 0 Å². The van der Waals surface area contributed by atoms with Gasteiger partial charge in [-0.3, -0.25) is 4.79 Å². The highest BCUT2D eigenvalue weighted by Crippen LogP contribution is 1.62. The van der Waals surface area contributed by atoms with Crippen molar-refractivity contribution >= 4 is 24.3 Å². The molecule has 0 rings (SSSR count). The molecular formula is C4H8ClNO3. The van der Waals surface area contributed by atoms with Gasteiger partial charge in [-0.15, -0.1) is 12.4 Å². The number of carboxylic acid groups (broad SMARTS) is 1. The summed E-state index contributed by atoms with van der Waals surface area (Å²) in [4.78, 5) is 19.7. The lowest BCUT2D eigenvalue weighted by Crippen LogP contribution is -2.30. The molecule has 9 heavy (non-hydrogen) atoms. The van der Waals surface area contributed by atoms with Crippen LogP contribution in [0.2, 0.25) is 0 Å². The molecule has 0 bridgehead atoms. The summed E-state index contributed by atoms with van der Waals surface area (Å²) in [6.45, 7) is 2.01. The van der Waals surface area contributed by atoms with Crippen LogP contribution < -0.4 is 5.32 Å². The maximum atomic E-state index is 10.0. The molecular weight excluding hydrogens is 146 g/mol. The third kappa shape index (κ3) is 5.10. The van der Waals surface area contributed by atoms with Crippen molar-refractivity contribution in [1.82, 2.24) is 5.32 Å². The van der Waals surface area contributed by atoms with Crippen molar-refractivity contribution in [2.45, 2.75) is 6.92 Å². The van der Waals surface area contributed by atoms with Gasteiger partial charge in [-0.05, 0) is 6.92 Å². The lowest BCUT2D eigenvalue weighted by atomic mass is 10.6. The van der Waals surface area contributed by atoms with Crippen LogP contribution in [0.4, 0.5) is 0 Å². The van der Waals surface area contributed by atoms with Crippen molar-refractivity contribution in [3.8, 4) is 0 Å². The van der Waals surface area contributed by atoms with E-state index in [9.17, 15) is 9.59 Å². The van der Waals surface area contributed by atoms with E-state index in [2.05, 4.69) is 5.32 Å². The number of aliphatic carboxylic acids is 1. The van der Waals surface area contributed by atoms with Gasteiger partial charge in [0.25, 0.3) is 0 Å². The highest BCUT2D eigenvalue weighted by atomic mass is 35.5. The smallest absolute Gasteiger partial charge is 0.394 e. The summed E-state index contributed by atoms with van der Waals surface area (Å²) in [5.41, 5.74) is 0. The zero-order chi connectivity index (χ0) is 6.57. The van der Waals surface area contributed by atoms with Crippen LogP contribution in [0.15, 0.2) is 0 Å². The molecule has 0 aliphatic carbocycles. The number of carbonyl (C=O) groups is 2. The first kappa shape index (κ1) is 11.1. The Bertz CT molecular complexity index is 114. The molecule has 2 N–H and O–H groups in total. The Balaban J connectivity index is 0. The minimum Gasteiger partial charge on any atom is -0.474 e. The van der Waals surface area contributed by atoms with Gasteiger partial charge in [-0.2, -0.15) is 0 Å². The third-order valence-corrected chi connectivity index (χ3v) is 0.532. The number of likely N-dealkylation sites (N-methyl/N-ethyl adjacent to an activating group) is 1.